The van der Waals surface area contributed by atoms with E-state index in [-0.39, 0.29) is 5.56 Å². The molecule has 2 rings (SSSR count). The highest BCUT2D eigenvalue weighted by atomic mass is 35.5. The number of aliphatic imine (C=N–C) groups is 1. The van der Waals surface area contributed by atoms with Crippen molar-refractivity contribution in [3.63, 3.8) is 0 Å². The predicted molar refractivity (Wildman–Crippen MR) is 102 cm³/mol. The number of alkyl halides is 3. The van der Waals surface area contributed by atoms with Crippen LogP contribution in [0.15, 0.2) is 41.4 Å². The number of nitrogens with zero attached hydrogens (tertiary/aromatic N) is 3. The molecule has 3 nitrogen and oxygen atoms in total. The highest BCUT2D eigenvalue weighted by Gasteiger charge is 2.31. The lowest BCUT2D eigenvalue weighted by molar-refractivity contribution is -0.137. The van der Waals surface area contributed by atoms with Gasteiger partial charge in [0, 0.05) is 13.6 Å². The van der Waals surface area contributed by atoms with Gasteiger partial charge in [-0.3, -0.25) is 0 Å². The molecular formula is C20H19ClF3N3. The van der Waals surface area contributed by atoms with Crippen molar-refractivity contribution in [2.45, 2.75) is 25.9 Å². The maximum atomic E-state index is 13.0. The summed E-state index contributed by atoms with van der Waals surface area (Å²) in [7, 11) is 1.87. The summed E-state index contributed by atoms with van der Waals surface area (Å²) in [5.41, 5.74) is 1.32. The van der Waals surface area contributed by atoms with Gasteiger partial charge in [-0.05, 0) is 48.7 Å². The van der Waals surface area contributed by atoms with E-state index in [4.69, 9.17) is 11.6 Å². The molecule has 0 aliphatic carbocycles. The average Bonchev–Trinajstić information content (AvgIpc) is 2.63. The topological polar surface area (TPSA) is 39.4 Å². The molecule has 7 heteroatoms. The molecule has 0 heterocycles. The van der Waals surface area contributed by atoms with E-state index in [9.17, 15) is 18.4 Å². The Morgan fingerprint density at radius 1 is 1.30 bits per heavy atom. The number of benzene rings is 2. The summed E-state index contributed by atoms with van der Waals surface area (Å²) in [4.78, 5) is 6.20. The molecule has 0 fully saturated rings. The van der Waals surface area contributed by atoms with Gasteiger partial charge in [0.1, 0.15) is 0 Å². The van der Waals surface area contributed by atoms with E-state index in [0.717, 1.165) is 24.2 Å². The van der Waals surface area contributed by atoms with Gasteiger partial charge < -0.3 is 4.90 Å². The van der Waals surface area contributed by atoms with Gasteiger partial charge in [-0.25, -0.2) is 4.99 Å². The first-order valence-electron chi connectivity index (χ1n) is 8.28. The number of rotatable bonds is 5. The van der Waals surface area contributed by atoms with Gasteiger partial charge in [0.2, 0.25) is 0 Å². The second kappa shape index (κ2) is 8.45. The van der Waals surface area contributed by atoms with Crippen molar-refractivity contribution in [1.82, 2.24) is 4.90 Å². The normalized spacial score (nSPS) is 12.8. The molecule has 0 aliphatic rings. The quantitative estimate of drug-likeness (QED) is 0.466. The van der Waals surface area contributed by atoms with Crippen LogP contribution >= 0.6 is 11.6 Å². The Labute approximate surface area is 161 Å². The summed E-state index contributed by atoms with van der Waals surface area (Å²) in [6.07, 6.45) is -2.82. The molecule has 0 aliphatic heterocycles. The van der Waals surface area contributed by atoms with Gasteiger partial charge in [0.15, 0.2) is 0 Å². The van der Waals surface area contributed by atoms with Gasteiger partial charge in [-0.2, -0.15) is 18.4 Å². The largest absolute Gasteiger partial charge is 0.416 e. The van der Waals surface area contributed by atoms with Crippen molar-refractivity contribution in [3.05, 3.63) is 63.7 Å². The standard InChI is InChI=1S/C20H19ClF3N3/c1-4-27(3)12-26-19-8-13(2)16(10-18(19)21)17(11-25)14-6-5-7-15(9-14)20(22,23)24/h5-10,12,17H,4H2,1-3H3. The lowest BCUT2D eigenvalue weighted by Gasteiger charge is -2.16. The van der Waals surface area contributed by atoms with Gasteiger partial charge in [-0.15, -0.1) is 0 Å². The van der Waals surface area contributed by atoms with Crippen LogP contribution in [0.5, 0.6) is 0 Å². The molecule has 2 aromatic carbocycles. The number of hydrogen-bond acceptors (Lipinski definition) is 2. The van der Waals surface area contributed by atoms with E-state index in [1.165, 1.54) is 12.1 Å². The predicted octanol–water partition coefficient (Wildman–Crippen LogP) is 5.93. The third-order valence-corrected chi connectivity index (χ3v) is 4.52. The summed E-state index contributed by atoms with van der Waals surface area (Å²) in [5, 5.41) is 9.95. The van der Waals surface area contributed by atoms with Crippen LogP contribution in [0.3, 0.4) is 0 Å². The van der Waals surface area contributed by atoms with E-state index < -0.39 is 17.7 Å². The summed E-state index contributed by atoms with van der Waals surface area (Å²) in [6.45, 7) is 4.55. The Kier molecular flexibility index (Phi) is 6.50. The average molecular weight is 394 g/mol. The summed E-state index contributed by atoms with van der Waals surface area (Å²) >= 11 is 6.30. The summed E-state index contributed by atoms with van der Waals surface area (Å²) < 4.78 is 39.0. The van der Waals surface area contributed by atoms with Crippen molar-refractivity contribution in [1.29, 1.82) is 5.26 Å². The van der Waals surface area contributed by atoms with Crippen LogP contribution in [0.25, 0.3) is 0 Å². The van der Waals surface area contributed by atoms with Gasteiger partial charge in [0.05, 0.1) is 34.6 Å². The molecular weight excluding hydrogens is 375 g/mol. The summed E-state index contributed by atoms with van der Waals surface area (Å²) in [5.74, 6) is -0.860. The Morgan fingerprint density at radius 2 is 2.00 bits per heavy atom. The highest BCUT2D eigenvalue weighted by molar-refractivity contribution is 6.33. The van der Waals surface area contributed by atoms with Crippen LogP contribution in [0.4, 0.5) is 18.9 Å². The van der Waals surface area contributed by atoms with Crippen molar-refractivity contribution < 1.29 is 13.2 Å². The summed E-state index contributed by atoms with van der Waals surface area (Å²) in [6, 6.07) is 10.2. The molecule has 0 N–H and O–H groups in total. The Hall–Kier alpha value is -2.52. The minimum atomic E-state index is -4.47. The first-order valence-corrected chi connectivity index (χ1v) is 8.66. The Bertz CT molecular complexity index is 885. The molecule has 1 unspecified atom stereocenters. The number of halogens is 4. The first-order chi connectivity index (χ1) is 12.7. The van der Waals surface area contributed by atoms with E-state index >= 15 is 0 Å². The van der Waals surface area contributed by atoms with Crippen molar-refractivity contribution in [2.24, 2.45) is 4.99 Å². The minimum Gasteiger partial charge on any atom is -0.366 e. The van der Waals surface area contributed by atoms with Crippen LogP contribution in [0, 0.1) is 18.3 Å². The first kappa shape index (κ1) is 20.8. The molecule has 2 aromatic rings. The lowest BCUT2D eigenvalue weighted by atomic mass is 9.88. The number of aryl methyl sites for hydroxylation is 1. The fourth-order valence-corrected chi connectivity index (χ4v) is 2.77. The zero-order chi connectivity index (χ0) is 20.2. The Morgan fingerprint density at radius 3 is 2.59 bits per heavy atom. The molecule has 0 bridgehead atoms. The minimum absolute atomic E-state index is 0.272. The molecule has 1 atom stereocenters. The second-order valence-corrected chi connectivity index (χ2v) is 6.57. The third-order valence-electron chi connectivity index (χ3n) is 4.22. The third kappa shape index (κ3) is 5.01. The molecule has 0 radical (unpaired) electrons. The molecule has 0 saturated heterocycles. The number of nitriles is 1. The second-order valence-electron chi connectivity index (χ2n) is 6.16. The smallest absolute Gasteiger partial charge is 0.366 e. The van der Waals surface area contributed by atoms with Crippen molar-refractivity contribution in [3.8, 4) is 6.07 Å². The maximum Gasteiger partial charge on any atom is 0.416 e. The maximum absolute atomic E-state index is 13.0. The van der Waals surface area contributed by atoms with Gasteiger partial charge in [-0.1, -0.05) is 29.8 Å². The molecule has 0 amide bonds. The fourth-order valence-electron chi connectivity index (χ4n) is 2.55. The monoisotopic (exact) mass is 393 g/mol. The van der Waals surface area contributed by atoms with E-state index in [0.29, 0.717) is 16.3 Å². The van der Waals surface area contributed by atoms with E-state index in [2.05, 4.69) is 11.1 Å². The lowest BCUT2D eigenvalue weighted by Crippen LogP contribution is -2.14. The van der Waals surface area contributed by atoms with Crippen LogP contribution in [-0.4, -0.2) is 24.8 Å². The van der Waals surface area contributed by atoms with E-state index in [1.54, 1.807) is 25.4 Å². The molecule has 142 valence electrons. The zero-order valence-corrected chi connectivity index (χ0v) is 15.9. The van der Waals surface area contributed by atoms with Gasteiger partial charge >= 0.3 is 6.18 Å². The SMILES string of the molecule is CCN(C)C=Nc1cc(C)c(C(C#N)c2cccc(C(F)(F)F)c2)cc1Cl. The van der Waals surface area contributed by atoms with Gasteiger partial charge in [0.25, 0.3) is 0 Å². The Balaban J connectivity index is 2.46. The number of hydrogen-bond donors (Lipinski definition) is 0. The molecule has 0 spiro atoms. The molecule has 27 heavy (non-hydrogen) atoms. The van der Waals surface area contributed by atoms with E-state index in [1.807, 2.05) is 18.9 Å². The van der Waals surface area contributed by atoms with Crippen LogP contribution in [-0.2, 0) is 6.18 Å². The van der Waals surface area contributed by atoms with Crippen LogP contribution in [0.1, 0.15) is 35.1 Å². The van der Waals surface area contributed by atoms with Crippen molar-refractivity contribution in [2.75, 3.05) is 13.6 Å². The van der Waals surface area contributed by atoms with Crippen molar-refractivity contribution >= 4 is 23.6 Å². The zero-order valence-electron chi connectivity index (χ0n) is 15.2. The van der Waals surface area contributed by atoms with Crippen LogP contribution < -0.4 is 0 Å². The fraction of sp³-hybridized carbons (Fsp3) is 0.300. The van der Waals surface area contributed by atoms with Crippen LogP contribution in [0.2, 0.25) is 5.02 Å². The molecule has 0 saturated carbocycles. The highest BCUT2D eigenvalue weighted by Crippen LogP contribution is 2.36. The molecule has 0 aromatic heterocycles.